The zero-order valence-electron chi connectivity index (χ0n) is 16.2. The highest BCUT2D eigenvalue weighted by atomic mass is 35.5. The molecule has 32 heavy (non-hydrogen) atoms. The van der Waals surface area contributed by atoms with Gasteiger partial charge in [-0.2, -0.15) is 0 Å². The van der Waals surface area contributed by atoms with E-state index in [0.29, 0.717) is 37.4 Å². The van der Waals surface area contributed by atoms with Gasteiger partial charge in [-0.05, 0) is 35.9 Å². The van der Waals surface area contributed by atoms with Crippen molar-refractivity contribution in [1.29, 1.82) is 0 Å². The standard InChI is InChI=1S/C23H14Cl2N2O4S/c24-17-8-6-12(9-18(17)25)19-11-32-22(27-19)13-5-7-15(20(10-13)31-23(29)30)14-3-1-2-4-16(14)21(26)28/h1-11H,(H2,26,28)(H,29,30). The number of primary amides is 1. The molecule has 4 rings (SSSR count). The second-order valence-corrected chi connectivity index (χ2v) is 8.33. The van der Waals surface area contributed by atoms with E-state index in [0.717, 1.165) is 5.56 Å². The van der Waals surface area contributed by atoms with Gasteiger partial charge in [0, 0.05) is 27.6 Å². The number of halogens is 2. The van der Waals surface area contributed by atoms with Crippen molar-refractivity contribution in [3.8, 4) is 38.7 Å². The lowest BCUT2D eigenvalue weighted by molar-refractivity contribution is 0.100. The maximum Gasteiger partial charge on any atom is 0.511 e. The molecule has 9 heteroatoms. The minimum Gasteiger partial charge on any atom is -0.449 e. The molecule has 1 heterocycles. The van der Waals surface area contributed by atoms with Gasteiger partial charge in [0.25, 0.3) is 0 Å². The van der Waals surface area contributed by atoms with Gasteiger partial charge in [0.2, 0.25) is 5.91 Å². The molecule has 0 aliphatic heterocycles. The number of benzene rings is 3. The quantitative estimate of drug-likeness (QED) is 0.245. The number of aromatic nitrogens is 1. The Hall–Kier alpha value is -3.39. The van der Waals surface area contributed by atoms with Crippen LogP contribution in [-0.2, 0) is 0 Å². The first-order valence-electron chi connectivity index (χ1n) is 9.19. The lowest BCUT2D eigenvalue weighted by Crippen LogP contribution is -2.12. The van der Waals surface area contributed by atoms with Crippen LogP contribution < -0.4 is 10.5 Å². The van der Waals surface area contributed by atoms with Gasteiger partial charge >= 0.3 is 6.16 Å². The normalized spacial score (nSPS) is 10.7. The SMILES string of the molecule is NC(=O)c1ccccc1-c1ccc(-c2nc(-c3ccc(Cl)c(Cl)c3)cs2)cc1OC(=O)O. The van der Waals surface area contributed by atoms with Crippen molar-refractivity contribution in [3.05, 3.63) is 81.7 Å². The Kier molecular flexibility index (Phi) is 6.14. The topological polar surface area (TPSA) is 103 Å². The van der Waals surface area contributed by atoms with Crippen LogP contribution in [0.15, 0.2) is 66.0 Å². The van der Waals surface area contributed by atoms with E-state index in [1.807, 2.05) is 11.4 Å². The highest BCUT2D eigenvalue weighted by molar-refractivity contribution is 7.13. The summed E-state index contributed by atoms with van der Waals surface area (Å²) in [5.74, 6) is -0.563. The van der Waals surface area contributed by atoms with E-state index in [-0.39, 0.29) is 11.3 Å². The number of rotatable bonds is 5. The van der Waals surface area contributed by atoms with Gasteiger partial charge in [-0.3, -0.25) is 4.79 Å². The third-order valence-corrected chi connectivity index (χ3v) is 6.26. The number of hydrogen-bond donors (Lipinski definition) is 2. The Balaban J connectivity index is 1.77. The smallest absolute Gasteiger partial charge is 0.449 e. The number of hydrogen-bond acceptors (Lipinski definition) is 5. The van der Waals surface area contributed by atoms with Gasteiger partial charge in [-0.25, -0.2) is 9.78 Å². The average molecular weight is 485 g/mol. The molecule has 160 valence electrons. The van der Waals surface area contributed by atoms with Gasteiger partial charge in [0.15, 0.2) is 0 Å². The van der Waals surface area contributed by atoms with E-state index in [4.69, 9.17) is 33.7 Å². The molecule has 1 aromatic heterocycles. The fourth-order valence-electron chi connectivity index (χ4n) is 3.18. The van der Waals surface area contributed by atoms with Crippen molar-refractivity contribution in [3.63, 3.8) is 0 Å². The van der Waals surface area contributed by atoms with Gasteiger partial charge in [0.1, 0.15) is 10.8 Å². The Morgan fingerprint density at radius 3 is 2.41 bits per heavy atom. The predicted octanol–water partition coefficient (Wildman–Crippen LogP) is 6.61. The number of ether oxygens (including phenoxy) is 1. The van der Waals surface area contributed by atoms with Crippen LogP contribution in [0.4, 0.5) is 4.79 Å². The van der Waals surface area contributed by atoms with Crippen molar-refractivity contribution in [2.45, 2.75) is 0 Å². The molecule has 0 spiro atoms. The average Bonchev–Trinajstić information content (AvgIpc) is 3.25. The molecule has 0 aliphatic rings. The predicted molar refractivity (Wildman–Crippen MR) is 126 cm³/mol. The second-order valence-electron chi connectivity index (χ2n) is 6.66. The molecule has 0 radical (unpaired) electrons. The molecule has 0 saturated carbocycles. The van der Waals surface area contributed by atoms with Gasteiger partial charge in [0.05, 0.1) is 15.7 Å². The monoisotopic (exact) mass is 484 g/mol. The summed E-state index contributed by atoms with van der Waals surface area (Å²) in [6.45, 7) is 0. The van der Waals surface area contributed by atoms with E-state index >= 15 is 0 Å². The molecule has 0 aliphatic carbocycles. The first-order valence-corrected chi connectivity index (χ1v) is 10.8. The number of carbonyl (C=O) groups excluding carboxylic acids is 1. The van der Waals surface area contributed by atoms with Gasteiger partial charge < -0.3 is 15.6 Å². The van der Waals surface area contributed by atoms with Gasteiger partial charge in [-0.1, -0.05) is 53.5 Å². The number of amides is 1. The van der Waals surface area contributed by atoms with E-state index in [2.05, 4.69) is 4.98 Å². The Morgan fingerprint density at radius 1 is 0.938 bits per heavy atom. The van der Waals surface area contributed by atoms with Gasteiger partial charge in [-0.15, -0.1) is 11.3 Å². The maximum atomic E-state index is 11.8. The maximum absolute atomic E-state index is 11.8. The van der Waals surface area contributed by atoms with Crippen LogP contribution in [0.2, 0.25) is 10.0 Å². The summed E-state index contributed by atoms with van der Waals surface area (Å²) in [6, 6.07) is 16.9. The zero-order valence-corrected chi connectivity index (χ0v) is 18.5. The number of carbonyl (C=O) groups is 2. The molecule has 3 aromatic carbocycles. The van der Waals surface area contributed by atoms with Crippen LogP contribution in [0.25, 0.3) is 33.0 Å². The summed E-state index contributed by atoms with van der Waals surface area (Å²) in [4.78, 5) is 27.8. The van der Waals surface area contributed by atoms with Crippen molar-refractivity contribution in [2.24, 2.45) is 5.73 Å². The second kappa shape index (κ2) is 9.00. The minimum absolute atomic E-state index is 0.0648. The zero-order chi connectivity index (χ0) is 22.8. The minimum atomic E-state index is -1.48. The lowest BCUT2D eigenvalue weighted by Gasteiger charge is -2.12. The molecular formula is C23H14Cl2N2O4S. The van der Waals surface area contributed by atoms with Crippen LogP contribution in [-0.4, -0.2) is 22.2 Å². The summed E-state index contributed by atoms with van der Waals surface area (Å²) in [7, 11) is 0. The molecule has 0 unspecified atom stereocenters. The van der Waals surface area contributed by atoms with Crippen LogP contribution in [0.1, 0.15) is 10.4 Å². The van der Waals surface area contributed by atoms with E-state index in [9.17, 15) is 14.7 Å². The van der Waals surface area contributed by atoms with Crippen molar-refractivity contribution >= 4 is 46.6 Å². The summed E-state index contributed by atoms with van der Waals surface area (Å²) in [5, 5.41) is 12.6. The molecular weight excluding hydrogens is 471 g/mol. The molecule has 6 nitrogen and oxygen atoms in total. The van der Waals surface area contributed by atoms with Crippen molar-refractivity contribution < 1.29 is 19.4 Å². The molecule has 0 atom stereocenters. The van der Waals surface area contributed by atoms with Crippen LogP contribution in [0.5, 0.6) is 5.75 Å². The summed E-state index contributed by atoms with van der Waals surface area (Å²) in [6.07, 6.45) is -1.48. The third-order valence-electron chi connectivity index (χ3n) is 4.63. The van der Waals surface area contributed by atoms with Crippen LogP contribution in [0, 0.1) is 0 Å². The number of nitrogens with zero attached hydrogens (tertiary/aromatic N) is 1. The largest absolute Gasteiger partial charge is 0.511 e. The fraction of sp³-hybridized carbons (Fsp3) is 0. The lowest BCUT2D eigenvalue weighted by atomic mass is 9.97. The Bertz CT molecular complexity index is 1350. The first kappa shape index (κ1) is 21.8. The van der Waals surface area contributed by atoms with Crippen LogP contribution >= 0.6 is 34.5 Å². The number of thiazole rings is 1. The molecule has 0 saturated heterocycles. The van der Waals surface area contributed by atoms with E-state index in [1.165, 1.54) is 11.3 Å². The molecule has 3 N–H and O–H groups in total. The molecule has 1 amide bonds. The molecule has 0 fully saturated rings. The first-order chi connectivity index (χ1) is 15.3. The number of carboxylic acid groups (broad SMARTS) is 1. The Labute approximate surface area is 196 Å². The Morgan fingerprint density at radius 2 is 1.69 bits per heavy atom. The third kappa shape index (κ3) is 4.45. The highest BCUT2D eigenvalue weighted by Crippen LogP contribution is 2.38. The summed E-state index contributed by atoms with van der Waals surface area (Å²) >= 11 is 13.5. The van der Waals surface area contributed by atoms with Crippen molar-refractivity contribution in [1.82, 2.24) is 4.98 Å². The summed E-state index contributed by atoms with van der Waals surface area (Å²) in [5.41, 5.74) is 8.78. The van der Waals surface area contributed by atoms with E-state index in [1.54, 1.807) is 54.6 Å². The highest BCUT2D eigenvalue weighted by Gasteiger charge is 2.18. The van der Waals surface area contributed by atoms with Crippen molar-refractivity contribution in [2.75, 3.05) is 0 Å². The number of nitrogens with two attached hydrogens (primary N) is 1. The molecule has 4 aromatic rings. The van der Waals surface area contributed by atoms with Crippen LogP contribution in [0.3, 0.4) is 0 Å². The molecule has 0 bridgehead atoms. The fourth-order valence-corrected chi connectivity index (χ4v) is 4.31. The summed E-state index contributed by atoms with van der Waals surface area (Å²) < 4.78 is 5.03. The van der Waals surface area contributed by atoms with E-state index < -0.39 is 12.1 Å².